The molecule has 1 aromatic carbocycles. The smallest absolute Gasteiger partial charge is 0.225 e. The maximum atomic E-state index is 12.2. The number of hydrogen-bond donors (Lipinski definition) is 1. The van der Waals surface area contributed by atoms with Crippen molar-refractivity contribution in [2.24, 2.45) is 11.8 Å². The van der Waals surface area contributed by atoms with Crippen LogP contribution in [0.25, 0.3) is 0 Å². The average molecular weight is 332 g/mol. The Morgan fingerprint density at radius 3 is 2.54 bits per heavy atom. The second kappa shape index (κ2) is 9.19. The van der Waals surface area contributed by atoms with Crippen molar-refractivity contribution in [1.29, 1.82) is 0 Å². The molecular formula is C20H32N2O2. The lowest BCUT2D eigenvalue weighted by molar-refractivity contribution is -0.136. The summed E-state index contributed by atoms with van der Waals surface area (Å²) in [5.41, 5.74) is 2.50. The van der Waals surface area contributed by atoms with E-state index in [4.69, 9.17) is 4.74 Å². The number of methoxy groups -OCH3 is 1. The highest BCUT2D eigenvalue weighted by Crippen LogP contribution is 2.22. The van der Waals surface area contributed by atoms with E-state index in [1.165, 1.54) is 11.1 Å². The quantitative estimate of drug-likeness (QED) is 0.834. The summed E-state index contributed by atoms with van der Waals surface area (Å²) in [6.45, 7) is 9.50. The molecule has 1 saturated heterocycles. The maximum absolute atomic E-state index is 12.2. The Bertz CT molecular complexity index is 513. The van der Waals surface area contributed by atoms with Crippen LogP contribution in [0.1, 0.15) is 44.7 Å². The first-order chi connectivity index (χ1) is 11.5. The number of carbonyl (C=O) groups is 1. The van der Waals surface area contributed by atoms with E-state index in [2.05, 4.69) is 41.4 Å². The number of piperidine rings is 1. The standard InChI is InChI=1S/C20H32N2O2/c1-5-18-13-22(20(23)15(2)3)11-10-19(18)21-12-16-6-8-17(9-7-16)14-24-4/h6-9,15,18-19,21H,5,10-14H2,1-4H3/t18-,19-/m0/s1. The van der Waals surface area contributed by atoms with Gasteiger partial charge in [0.2, 0.25) is 5.91 Å². The van der Waals surface area contributed by atoms with Crippen molar-refractivity contribution in [2.75, 3.05) is 20.2 Å². The van der Waals surface area contributed by atoms with E-state index in [-0.39, 0.29) is 5.92 Å². The van der Waals surface area contributed by atoms with Crippen LogP contribution in [0.5, 0.6) is 0 Å². The minimum atomic E-state index is 0.0950. The Hall–Kier alpha value is -1.39. The molecule has 0 saturated carbocycles. The molecule has 1 N–H and O–H groups in total. The van der Waals surface area contributed by atoms with Crippen LogP contribution in [0.4, 0.5) is 0 Å². The third-order valence-corrected chi connectivity index (χ3v) is 4.97. The lowest BCUT2D eigenvalue weighted by atomic mass is 9.89. The van der Waals surface area contributed by atoms with Crippen molar-refractivity contribution in [3.8, 4) is 0 Å². The largest absolute Gasteiger partial charge is 0.380 e. The van der Waals surface area contributed by atoms with E-state index in [9.17, 15) is 4.79 Å². The van der Waals surface area contributed by atoms with Crippen molar-refractivity contribution in [3.63, 3.8) is 0 Å². The van der Waals surface area contributed by atoms with Crippen LogP contribution in [0.15, 0.2) is 24.3 Å². The summed E-state index contributed by atoms with van der Waals surface area (Å²) < 4.78 is 5.15. The number of rotatable bonds is 7. The molecule has 2 atom stereocenters. The number of likely N-dealkylation sites (tertiary alicyclic amines) is 1. The van der Waals surface area contributed by atoms with Gasteiger partial charge in [-0.1, -0.05) is 51.5 Å². The molecule has 134 valence electrons. The van der Waals surface area contributed by atoms with E-state index >= 15 is 0 Å². The van der Waals surface area contributed by atoms with Gasteiger partial charge in [0.25, 0.3) is 0 Å². The molecule has 0 radical (unpaired) electrons. The van der Waals surface area contributed by atoms with Crippen LogP contribution in [0.3, 0.4) is 0 Å². The predicted octanol–water partition coefficient (Wildman–Crippen LogP) is 3.21. The van der Waals surface area contributed by atoms with E-state index < -0.39 is 0 Å². The van der Waals surface area contributed by atoms with Crippen molar-refractivity contribution < 1.29 is 9.53 Å². The van der Waals surface area contributed by atoms with E-state index in [0.717, 1.165) is 32.5 Å². The van der Waals surface area contributed by atoms with Gasteiger partial charge in [0, 0.05) is 38.7 Å². The Kier molecular flexibility index (Phi) is 7.25. The number of nitrogens with zero attached hydrogens (tertiary/aromatic N) is 1. The third kappa shape index (κ3) is 5.05. The van der Waals surface area contributed by atoms with Crippen LogP contribution >= 0.6 is 0 Å². The second-order valence-electron chi connectivity index (χ2n) is 7.13. The van der Waals surface area contributed by atoms with Gasteiger partial charge >= 0.3 is 0 Å². The minimum absolute atomic E-state index is 0.0950. The number of amides is 1. The molecule has 0 aliphatic carbocycles. The predicted molar refractivity (Wildman–Crippen MR) is 97.6 cm³/mol. The molecule has 0 aromatic heterocycles. The van der Waals surface area contributed by atoms with Crippen molar-refractivity contribution in [2.45, 2.75) is 52.8 Å². The first-order valence-corrected chi connectivity index (χ1v) is 9.14. The van der Waals surface area contributed by atoms with E-state index in [0.29, 0.717) is 24.5 Å². The molecule has 24 heavy (non-hydrogen) atoms. The number of ether oxygens (including phenoxy) is 1. The number of carbonyl (C=O) groups excluding carboxylic acids is 1. The van der Waals surface area contributed by atoms with Crippen molar-refractivity contribution in [3.05, 3.63) is 35.4 Å². The molecule has 4 nitrogen and oxygen atoms in total. The highest BCUT2D eigenvalue weighted by Gasteiger charge is 2.30. The second-order valence-corrected chi connectivity index (χ2v) is 7.13. The molecule has 1 aromatic rings. The van der Waals surface area contributed by atoms with Crippen LogP contribution in [0, 0.1) is 11.8 Å². The van der Waals surface area contributed by atoms with Gasteiger partial charge in [-0.2, -0.15) is 0 Å². The average Bonchev–Trinajstić information content (AvgIpc) is 2.60. The Labute approximate surface area is 146 Å². The lowest BCUT2D eigenvalue weighted by Crippen LogP contribution is -2.51. The highest BCUT2D eigenvalue weighted by molar-refractivity contribution is 5.78. The van der Waals surface area contributed by atoms with E-state index in [1.807, 2.05) is 13.8 Å². The van der Waals surface area contributed by atoms with Gasteiger partial charge in [0.1, 0.15) is 0 Å². The normalized spacial score (nSPS) is 21.3. The molecule has 1 aliphatic heterocycles. The van der Waals surface area contributed by atoms with Gasteiger partial charge in [-0.3, -0.25) is 4.79 Å². The van der Waals surface area contributed by atoms with Crippen molar-refractivity contribution in [1.82, 2.24) is 10.2 Å². The third-order valence-electron chi connectivity index (χ3n) is 4.97. The first kappa shape index (κ1) is 18.9. The summed E-state index contributed by atoms with van der Waals surface area (Å²) in [6.07, 6.45) is 2.14. The van der Waals surface area contributed by atoms with Gasteiger partial charge in [0.15, 0.2) is 0 Å². The zero-order valence-electron chi connectivity index (χ0n) is 15.5. The van der Waals surface area contributed by atoms with Gasteiger partial charge in [0.05, 0.1) is 6.61 Å². The Morgan fingerprint density at radius 2 is 1.96 bits per heavy atom. The molecular weight excluding hydrogens is 300 g/mol. The maximum Gasteiger partial charge on any atom is 0.225 e. The topological polar surface area (TPSA) is 41.6 Å². The zero-order chi connectivity index (χ0) is 17.5. The molecule has 1 aliphatic rings. The fourth-order valence-electron chi connectivity index (χ4n) is 3.45. The van der Waals surface area contributed by atoms with Gasteiger partial charge in [-0.05, 0) is 23.5 Å². The van der Waals surface area contributed by atoms with Crippen LogP contribution in [-0.4, -0.2) is 37.0 Å². The summed E-state index contributed by atoms with van der Waals surface area (Å²) >= 11 is 0. The summed E-state index contributed by atoms with van der Waals surface area (Å²) in [5, 5.41) is 3.71. The van der Waals surface area contributed by atoms with E-state index in [1.54, 1.807) is 7.11 Å². The molecule has 1 fully saturated rings. The number of benzene rings is 1. The summed E-state index contributed by atoms with van der Waals surface area (Å²) in [6, 6.07) is 9.08. The first-order valence-electron chi connectivity index (χ1n) is 9.14. The molecule has 1 amide bonds. The van der Waals surface area contributed by atoms with Gasteiger partial charge in [-0.15, -0.1) is 0 Å². The Balaban J connectivity index is 1.87. The number of nitrogens with one attached hydrogen (secondary N) is 1. The summed E-state index contributed by atoms with van der Waals surface area (Å²) in [5.74, 6) is 0.924. The van der Waals surface area contributed by atoms with Crippen LogP contribution < -0.4 is 5.32 Å². The highest BCUT2D eigenvalue weighted by atomic mass is 16.5. The SMILES string of the molecule is CC[C@H]1CN(C(=O)C(C)C)CC[C@@H]1NCc1ccc(COC)cc1. The minimum Gasteiger partial charge on any atom is -0.380 e. The molecule has 0 bridgehead atoms. The Morgan fingerprint density at radius 1 is 1.29 bits per heavy atom. The molecule has 2 rings (SSSR count). The number of hydrogen-bond acceptors (Lipinski definition) is 3. The summed E-state index contributed by atoms with van der Waals surface area (Å²) in [7, 11) is 1.72. The van der Waals surface area contributed by atoms with Gasteiger partial charge < -0.3 is 15.0 Å². The van der Waals surface area contributed by atoms with Crippen LogP contribution in [-0.2, 0) is 22.7 Å². The zero-order valence-corrected chi connectivity index (χ0v) is 15.5. The molecule has 4 heteroatoms. The summed E-state index contributed by atoms with van der Waals surface area (Å²) in [4.78, 5) is 14.3. The molecule has 0 unspecified atom stereocenters. The monoisotopic (exact) mass is 332 g/mol. The fourth-order valence-corrected chi connectivity index (χ4v) is 3.45. The fraction of sp³-hybridized carbons (Fsp3) is 0.650. The molecule has 0 spiro atoms. The lowest BCUT2D eigenvalue weighted by Gasteiger charge is -2.39. The van der Waals surface area contributed by atoms with Gasteiger partial charge in [-0.25, -0.2) is 0 Å². The molecule has 1 heterocycles. The van der Waals surface area contributed by atoms with Crippen molar-refractivity contribution >= 4 is 5.91 Å². The van der Waals surface area contributed by atoms with Crippen LogP contribution in [0.2, 0.25) is 0 Å².